The monoisotopic (exact) mass is 248 g/mol. The number of hydrogen-bond acceptors (Lipinski definition) is 8. The van der Waals surface area contributed by atoms with Gasteiger partial charge in [0.05, 0.1) is 5.54 Å². The molecule has 0 fully saturated rings. The Bertz CT molecular complexity index is 201. The minimum atomic E-state index is -0.935. The van der Waals surface area contributed by atoms with Gasteiger partial charge >= 0.3 is 0 Å². The zero-order valence-electron chi connectivity index (χ0n) is 10.3. The van der Waals surface area contributed by atoms with Gasteiger partial charge in [0, 0.05) is 43.8 Å². The quantitative estimate of drug-likeness (QED) is 0.208. The first kappa shape index (κ1) is 16.7. The SMILES string of the molecule is NCC(N)C(N)CC(N)(C(N)CN)C(N)CN. The van der Waals surface area contributed by atoms with Gasteiger partial charge in [0.2, 0.25) is 0 Å². The van der Waals surface area contributed by atoms with Gasteiger partial charge in [-0.2, -0.15) is 0 Å². The van der Waals surface area contributed by atoms with Gasteiger partial charge in [-0.1, -0.05) is 0 Å². The van der Waals surface area contributed by atoms with Crippen LogP contribution >= 0.6 is 0 Å². The van der Waals surface area contributed by atoms with E-state index in [0.717, 1.165) is 0 Å². The lowest BCUT2D eigenvalue weighted by molar-refractivity contribution is 0.242. The van der Waals surface area contributed by atoms with Gasteiger partial charge in [-0.3, -0.25) is 0 Å². The third kappa shape index (κ3) is 4.12. The van der Waals surface area contributed by atoms with Crippen LogP contribution in [0.1, 0.15) is 6.42 Å². The zero-order chi connectivity index (χ0) is 13.6. The van der Waals surface area contributed by atoms with Gasteiger partial charge in [-0.05, 0) is 6.42 Å². The predicted octanol–water partition coefficient (Wildman–Crippen LogP) is -4.74. The molecule has 0 saturated carbocycles. The number of rotatable bonds is 8. The third-order valence-corrected chi connectivity index (χ3v) is 3.30. The Morgan fingerprint density at radius 3 is 1.41 bits per heavy atom. The minimum absolute atomic E-state index is 0.203. The largest absolute Gasteiger partial charge is 0.329 e. The second kappa shape index (κ2) is 7.19. The molecule has 0 rings (SSSR count). The maximum atomic E-state index is 6.21. The Balaban J connectivity index is 4.82. The zero-order valence-corrected chi connectivity index (χ0v) is 10.3. The summed E-state index contributed by atoms with van der Waals surface area (Å²) in [5, 5.41) is 0. The van der Waals surface area contributed by atoms with Crippen molar-refractivity contribution in [3.63, 3.8) is 0 Å². The van der Waals surface area contributed by atoms with Gasteiger partial charge in [0.1, 0.15) is 0 Å². The van der Waals surface area contributed by atoms with Gasteiger partial charge in [-0.25, -0.2) is 0 Å². The molecule has 17 heavy (non-hydrogen) atoms. The fourth-order valence-corrected chi connectivity index (χ4v) is 1.75. The Labute approximate surface area is 102 Å². The molecule has 0 radical (unpaired) electrons. The van der Waals surface area contributed by atoms with E-state index >= 15 is 0 Å². The molecule has 4 atom stereocenters. The molecule has 8 heteroatoms. The average molecular weight is 248 g/mol. The van der Waals surface area contributed by atoms with Crippen molar-refractivity contribution in [2.45, 2.75) is 36.1 Å². The van der Waals surface area contributed by atoms with E-state index in [1.807, 2.05) is 0 Å². The first-order valence-electron chi connectivity index (χ1n) is 5.74. The third-order valence-electron chi connectivity index (χ3n) is 3.30. The summed E-state index contributed by atoms with van der Waals surface area (Å²) in [5.74, 6) is 0. The average Bonchev–Trinajstić information content (AvgIpc) is 2.34. The van der Waals surface area contributed by atoms with Gasteiger partial charge in [0.15, 0.2) is 0 Å². The highest BCUT2D eigenvalue weighted by Crippen LogP contribution is 2.17. The van der Waals surface area contributed by atoms with Crippen LogP contribution in [0, 0.1) is 0 Å². The van der Waals surface area contributed by atoms with Crippen molar-refractivity contribution in [3.8, 4) is 0 Å². The highest BCUT2D eigenvalue weighted by Gasteiger charge is 2.39. The van der Waals surface area contributed by atoms with Gasteiger partial charge in [-0.15, -0.1) is 0 Å². The molecule has 0 aromatic heterocycles. The molecule has 0 saturated heterocycles. The van der Waals surface area contributed by atoms with E-state index in [0.29, 0.717) is 6.42 Å². The second-order valence-corrected chi connectivity index (χ2v) is 4.56. The smallest absolute Gasteiger partial charge is 0.0501 e. The van der Waals surface area contributed by atoms with Crippen LogP contribution in [0.2, 0.25) is 0 Å². The van der Waals surface area contributed by atoms with E-state index in [1.165, 1.54) is 0 Å². The Kier molecular flexibility index (Phi) is 7.05. The van der Waals surface area contributed by atoms with Crippen LogP contribution < -0.4 is 45.9 Å². The summed E-state index contributed by atoms with van der Waals surface area (Å²) < 4.78 is 0. The van der Waals surface area contributed by atoms with Crippen molar-refractivity contribution in [3.05, 3.63) is 0 Å². The summed E-state index contributed by atoms with van der Waals surface area (Å²) in [7, 11) is 0. The molecule has 0 spiro atoms. The Morgan fingerprint density at radius 2 is 1.12 bits per heavy atom. The molecule has 4 unspecified atom stereocenters. The highest BCUT2D eigenvalue weighted by molar-refractivity contribution is 5.06. The van der Waals surface area contributed by atoms with Crippen LogP contribution in [0.15, 0.2) is 0 Å². The molecule has 16 N–H and O–H groups in total. The van der Waals surface area contributed by atoms with Crippen molar-refractivity contribution in [2.24, 2.45) is 45.9 Å². The first-order chi connectivity index (χ1) is 7.83. The van der Waals surface area contributed by atoms with E-state index in [1.54, 1.807) is 0 Å². The summed E-state index contributed by atoms with van der Waals surface area (Å²) in [5.41, 5.74) is 45.3. The minimum Gasteiger partial charge on any atom is -0.329 e. The summed E-state index contributed by atoms with van der Waals surface area (Å²) in [6.45, 7) is 0.677. The summed E-state index contributed by atoms with van der Waals surface area (Å²) >= 11 is 0. The van der Waals surface area contributed by atoms with Gasteiger partial charge in [0.25, 0.3) is 0 Å². The number of hydrogen-bond donors (Lipinski definition) is 8. The number of nitrogens with two attached hydrogens (primary N) is 8. The van der Waals surface area contributed by atoms with Crippen molar-refractivity contribution in [2.75, 3.05) is 19.6 Å². The van der Waals surface area contributed by atoms with E-state index in [-0.39, 0.29) is 31.7 Å². The molecule has 0 aromatic rings. The van der Waals surface area contributed by atoms with E-state index < -0.39 is 17.6 Å². The standard InChI is InChI=1S/C9H28N8/c10-2-6(14)5(13)1-9(17,7(15)3-11)8(16)4-12/h5-8H,1-4,10-17H2. The van der Waals surface area contributed by atoms with Crippen LogP contribution in [0.3, 0.4) is 0 Å². The molecule has 8 nitrogen and oxygen atoms in total. The van der Waals surface area contributed by atoms with Crippen LogP contribution in [0.5, 0.6) is 0 Å². The van der Waals surface area contributed by atoms with Gasteiger partial charge < -0.3 is 45.9 Å². The summed E-state index contributed by atoms with van der Waals surface area (Å²) in [4.78, 5) is 0. The highest BCUT2D eigenvalue weighted by atomic mass is 15.0. The van der Waals surface area contributed by atoms with E-state index in [9.17, 15) is 0 Å². The van der Waals surface area contributed by atoms with Crippen molar-refractivity contribution in [1.82, 2.24) is 0 Å². The van der Waals surface area contributed by atoms with E-state index in [4.69, 9.17) is 45.9 Å². The second-order valence-electron chi connectivity index (χ2n) is 4.56. The molecule has 0 amide bonds. The molecule has 0 aromatic carbocycles. The van der Waals surface area contributed by atoms with E-state index in [2.05, 4.69) is 0 Å². The summed E-state index contributed by atoms with van der Waals surface area (Å²) in [6.07, 6.45) is 0.335. The molecular formula is C9H28N8. The normalized spacial score (nSPS) is 22.6. The summed E-state index contributed by atoms with van der Waals surface area (Å²) in [6, 6.07) is -1.72. The molecule has 0 aliphatic rings. The topological polar surface area (TPSA) is 208 Å². The fourth-order valence-electron chi connectivity index (χ4n) is 1.75. The maximum Gasteiger partial charge on any atom is 0.0501 e. The van der Waals surface area contributed by atoms with Crippen LogP contribution in [-0.4, -0.2) is 49.3 Å². The molecule has 104 valence electrons. The predicted molar refractivity (Wildman–Crippen MR) is 70.6 cm³/mol. The first-order valence-corrected chi connectivity index (χ1v) is 5.74. The Hall–Kier alpha value is -0.320. The van der Waals surface area contributed by atoms with Crippen molar-refractivity contribution >= 4 is 0 Å². The lowest BCUT2D eigenvalue weighted by Gasteiger charge is -2.41. The van der Waals surface area contributed by atoms with Crippen LogP contribution in [0.25, 0.3) is 0 Å². The van der Waals surface area contributed by atoms with Crippen molar-refractivity contribution in [1.29, 1.82) is 0 Å². The lowest BCUT2D eigenvalue weighted by atomic mass is 9.77. The van der Waals surface area contributed by atoms with Crippen LogP contribution in [0.4, 0.5) is 0 Å². The molecule has 0 heterocycles. The van der Waals surface area contributed by atoms with Crippen molar-refractivity contribution < 1.29 is 0 Å². The molecule has 0 bridgehead atoms. The molecular weight excluding hydrogens is 220 g/mol. The lowest BCUT2D eigenvalue weighted by Crippen LogP contribution is -2.71. The molecule has 0 aliphatic heterocycles. The van der Waals surface area contributed by atoms with Crippen LogP contribution in [-0.2, 0) is 0 Å². The maximum absolute atomic E-state index is 6.21. The Morgan fingerprint density at radius 1 is 0.706 bits per heavy atom. The molecule has 0 aliphatic carbocycles. The fraction of sp³-hybridized carbons (Fsp3) is 1.00.